The number of benzene rings is 1. The Morgan fingerprint density at radius 3 is 2.69 bits per heavy atom. The van der Waals surface area contributed by atoms with Crippen LogP contribution in [0.3, 0.4) is 0 Å². The van der Waals surface area contributed by atoms with Crippen molar-refractivity contribution in [2.24, 2.45) is 0 Å². The Balaban J connectivity index is 2.58. The van der Waals surface area contributed by atoms with E-state index in [1.54, 1.807) is 18.2 Å². The summed E-state index contributed by atoms with van der Waals surface area (Å²) < 4.78 is 35.9. The van der Waals surface area contributed by atoms with Gasteiger partial charge >= 0.3 is 6.18 Å². The summed E-state index contributed by atoms with van der Waals surface area (Å²) in [6.45, 7) is 0. The first-order chi connectivity index (χ1) is 7.43. The third kappa shape index (κ3) is 3.86. The van der Waals surface area contributed by atoms with Crippen LogP contribution in [0.25, 0.3) is 0 Å². The largest absolute Gasteiger partial charge is 0.415 e. The average Bonchev–Trinajstić information content (AvgIpc) is 2.25. The first-order valence-electron chi connectivity index (χ1n) is 4.36. The van der Waals surface area contributed by atoms with E-state index in [0.717, 1.165) is 11.8 Å². The summed E-state index contributed by atoms with van der Waals surface area (Å²) in [7, 11) is 0. The molecule has 0 heterocycles. The van der Waals surface area contributed by atoms with E-state index in [-0.39, 0.29) is 0 Å². The predicted octanol–water partition coefficient (Wildman–Crippen LogP) is 2.51. The molecule has 0 amide bonds. The Morgan fingerprint density at radius 1 is 1.44 bits per heavy atom. The lowest BCUT2D eigenvalue weighted by Crippen LogP contribution is -2.30. The third-order valence-corrected chi connectivity index (χ3v) is 2.85. The first-order valence-corrected chi connectivity index (χ1v) is 5.35. The molecule has 0 aliphatic carbocycles. The maximum atomic E-state index is 12.0. The van der Waals surface area contributed by atoms with Crippen molar-refractivity contribution < 1.29 is 23.1 Å². The molecule has 16 heavy (non-hydrogen) atoms. The molecule has 1 N–H and O–H groups in total. The highest BCUT2D eigenvalue weighted by Crippen LogP contribution is 2.26. The zero-order valence-electron chi connectivity index (χ0n) is 8.07. The molecule has 1 unspecified atom stereocenters. The van der Waals surface area contributed by atoms with E-state index in [0.29, 0.717) is 16.7 Å². The third-order valence-electron chi connectivity index (χ3n) is 1.78. The van der Waals surface area contributed by atoms with E-state index in [4.69, 9.17) is 5.11 Å². The summed E-state index contributed by atoms with van der Waals surface area (Å²) in [5, 5.41) is 8.76. The van der Waals surface area contributed by atoms with Crippen molar-refractivity contribution >= 4 is 18.0 Å². The highest BCUT2D eigenvalue weighted by atomic mass is 32.2. The molecule has 0 saturated carbocycles. The van der Waals surface area contributed by atoms with E-state index in [1.165, 1.54) is 6.07 Å². The van der Waals surface area contributed by atoms with Gasteiger partial charge in [-0.05, 0) is 12.1 Å². The summed E-state index contributed by atoms with van der Waals surface area (Å²) in [4.78, 5) is 10.9. The van der Waals surface area contributed by atoms with E-state index in [2.05, 4.69) is 0 Å². The van der Waals surface area contributed by atoms with Gasteiger partial charge in [0.2, 0.25) is 0 Å². The van der Waals surface area contributed by atoms with E-state index < -0.39 is 18.0 Å². The number of thioether (sulfide) groups is 1. The molecule has 0 radical (unpaired) electrons. The SMILES string of the molecule is O=Cc1cccc(SCC(O)C(F)(F)F)c1. The Kier molecular flexibility index (Phi) is 4.37. The highest BCUT2D eigenvalue weighted by molar-refractivity contribution is 7.99. The Bertz CT molecular complexity index is 365. The van der Waals surface area contributed by atoms with Gasteiger partial charge < -0.3 is 5.11 Å². The van der Waals surface area contributed by atoms with Crippen LogP contribution in [0.15, 0.2) is 29.2 Å². The summed E-state index contributed by atoms with van der Waals surface area (Å²) in [5.74, 6) is -0.480. The van der Waals surface area contributed by atoms with Gasteiger partial charge in [-0.15, -0.1) is 11.8 Å². The Hall–Kier alpha value is -1.01. The van der Waals surface area contributed by atoms with Gasteiger partial charge in [-0.2, -0.15) is 13.2 Å². The first kappa shape index (κ1) is 13.1. The lowest BCUT2D eigenvalue weighted by Gasteiger charge is -2.13. The van der Waals surface area contributed by atoms with Crippen LogP contribution >= 0.6 is 11.8 Å². The number of hydrogen-bond donors (Lipinski definition) is 1. The van der Waals surface area contributed by atoms with Gasteiger partial charge in [-0.3, -0.25) is 4.79 Å². The van der Waals surface area contributed by atoms with Crippen molar-refractivity contribution in [1.82, 2.24) is 0 Å². The van der Waals surface area contributed by atoms with Gasteiger partial charge in [-0.1, -0.05) is 12.1 Å². The van der Waals surface area contributed by atoms with Gasteiger partial charge in [-0.25, -0.2) is 0 Å². The summed E-state index contributed by atoms with van der Waals surface area (Å²) >= 11 is 0.856. The number of halogens is 3. The number of aliphatic hydroxyl groups is 1. The molecule has 88 valence electrons. The van der Waals surface area contributed by atoms with Crippen LogP contribution in [0, 0.1) is 0 Å². The fourth-order valence-corrected chi connectivity index (χ4v) is 1.88. The Labute approximate surface area is 94.5 Å². The minimum Gasteiger partial charge on any atom is -0.383 e. The molecule has 1 aromatic rings. The molecule has 1 atom stereocenters. The number of alkyl halides is 3. The lowest BCUT2D eigenvalue weighted by atomic mass is 10.2. The van der Waals surface area contributed by atoms with Crippen molar-refractivity contribution in [3.8, 4) is 0 Å². The van der Waals surface area contributed by atoms with E-state index >= 15 is 0 Å². The van der Waals surface area contributed by atoms with Gasteiger partial charge in [0.25, 0.3) is 0 Å². The average molecular weight is 250 g/mol. The number of aliphatic hydroxyl groups excluding tert-OH is 1. The number of aldehydes is 1. The van der Waals surface area contributed by atoms with Crippen LogP contribution < -0.4 is 0 Å². The number of carbonyl (C=O) groups excluding carboxylic acids is 1. The molecule has 6 heteroatoms. The molecule has 0 spiro atoms. The molecule has 0 saturated heterocycles. The van der Waals surface area contributed by atoms with Crippen LogP contribution in [-0.2, 0) is 0 Å². The van der Waals surface area contributed by atoms with Crippen molar-refractivity contribution in [1.29, 1.82) is 0 Å². The van der Waals surface area contributed by atoms with E-state index in [9.17, 15) is 18.0 Å². The second-order valence-electron chi connectivity index (χ2n) is 3.06. The smallest absolute Gasteiger partial charge is 0.383 e. The molecule has 0 aliphatic rings. The van der Waals surface area contributed by atoms with E-state index in [1.807, 2.05) is 0 Å². The summed E-state index contributed by atoms with van der Waals surface area (Å²) in [5.41, 5.74) is 0.395. The second-order valence-corrected chi connectivity index (χ2v) is 4.15. The molecule has 0 bridgehead atoms. The number of carbonyl (C=O) groups is 1. The number of rotatable bonds is 4. The van der Waals surface area contributed by atoms with Gasteiger partial charge in [0, 0.05) is 16.2 Å². The minimum absolute atomic E-state index is 0.395. The van der Waals surface area contributed by atoms with Crippen LogP contribution in [0.1, 0.15) is 10.4 Å². The molecule has 1 rings (SSSR count). The summed E-state index contributed by atoms with van der Waals surface area (Å²) in [6, 6.07) is 6.19. The van der Waals surface area contributed by atoms with Gasteiger partial charge in [0.1, 0.15) is 6.29 Å². The molecular formula is C10H9F3O2S. The molecule has 1 aromatic carbocycles. The van der Waals surface area contributed by atoms with Crippen LogP contribution in [-0.4, -0.2) is 29.4 Å². The number of hydrogen-bond acceptors (Lipinski definition) is 3. The maximum absolute atomic E-state index is 12.0. The second kappa shape index (κ2) is 5.36. The maximum Gasteiger partial charge on any atom is 0.415 e. The standard InChI is InChI=1S/C10H9F3O2S/c11-10(12,13)9(15)6-16-8-3-1-2-7(4-8)5-14/h1-5,9,15H,6H2. The molecule has 0 fully saturated rings. The van der Waals surface area contributed by atoms with Crippen LogP contribution in [0.2, 0.25) is 0 Å². The van der Waals surface area contributed by atoms with Crippen molar-refractivity contribution in [2.45, 2.75) is 17.2 Å². The zero-order chi connectivity index (χ0) is 12.2. The topological polar surface area (TPSA) is 37.3 Å². The van der Waals surface area contributed by atoms with Crippen molar-refractivity contribution in [3.05, 3.63) is 29.8 Å². The molecule has 0 aromatic heterocycles. The zero-order valence-corrected chi connectivity index (χ0v) is 8.89. The fraction of sp³-hybridized carbons (Fsp3) is 0.300. The predicted molar refractivity (Wildman–Crippen MR) is 54.6 cm³/mol. The molecule has 2 nitrogen and oxygen atoms in total. The highest BCUT2D eigenvalue weighted by Gasteiger charge is 2.37. The Morgan fingerprint density at radius 2 is 2.12 bits per heavy atom. The lowest BCUT2D eigenvalue weighted by molar-refractivity contribution is -0.195. The fourth-order valence-electron chi connectivity index (χ4n) is 0.947. The summed E-state index contributed by atoms with van der Waals surface area (Å²) in [6.07, 6.45) is -6.34. The molecular weight excluding hydrogens is 241 g/mol. The van der Waals surface area contributed by atoms with Gasteiger partial charge in [0.05, 0.1) is 0 Å². The van der Waals surface area contributed by atoms with Crippen LogP contribution in [0.5, 0.6) is 0 Å². The molecule has 0 aliphatic heterocycles. The van der Waals surface area contributed by atoms with Gasteiger partial charge in [0.15, 0.2) is 6.10 Å². The minimum atomic E-state index is -4.60. The van der Waals surface area contributed by atoms with Crippen molar-refractivity contribution in [3.63, 3.8) is 0 Å². The monoisotopic (exact) mass is 250 g/mol. The van der Waals surface area contributed by atoms with Crippen molar-refractivity contribution in [2.75, 3.05) is 5.75 Å². The normalized spacial score (nSPS) is 13.5. The quantitative estimate of drug-likeness (QED) is 0.659. The van der Waals surface area contributed by atoms with Crippen LogP contribution in [0.4, 0.5) is 13.2 Å².